The lowest BCUT2D eigenvalue weighted by molar-refractivity contribution is 0.00578. The van der Waals surface area contributed by atoms with E-state index in [1.54, 1.807) is 0 Å². The molecule has 21 heavy (non-hydrogen) atoms. The molecule has 0 aromatic heterocycles. The molecule has 0 unspecified atom stereocenters. The van der Waals surface area contributed by atoms with Gasteiger partial charge in [-0.1, -0.05) is 30.3 Å². The first-order chi connectivity index (χ1) is 9.82. The third kappa shape index (κ3) is 2.39. The summed E-state index contributed by atoms with van der Waals surface area (Å²) >= 11 is 0. The number of aldehydes is 1. The molecule has 0 N–H and O–H groups in total. The molecule has 1 aliphatic rings. The van der Waals surface area contributed by atoms with Gasteiger partial charge in [0.2, 0.25) is 0 Å². The summed E-state index contributed by atoms with van der Waals surface area (Å²) in [5.74, 6) is 0. The van der Waals surface area contributed by atoms with Gasteiger partial charge in [0.15, 0.2) is 0 Å². The van der Waals surface area contributed by atoms with Gasteiger partial charge in [0.05, 0.1) is 11.2 Å². The fourth-order valence-corrected chi connectivity index (χ4v) is 2.48. The molecule has 2 aromatic carbocycles. The van der Waals surface area contributed by atoms with Crippen molar-refractivity contribution in [2.45, 2.75) is 38.9 Å². The maximum absolute atomic E-state index is 10.8. The molecule has 108 valence electrons. The molecule has 1 fully saturated rings. The molecule has 2 aromatic rings. The first-order valence-electron chi connectivity index (χ1n) is 7.17. The number of hydrogen-bond donors (Lipinski definition) is 0. The minimum absolute atomic E-state index is 0.339. The second-order valence-electron chi connectivity index (χ2n) is 6.57. The summed E-state index contributed by atoms with van der Waals surface area (Å²) < 4.78 is 12.1. The van der Waals surface area contributed by atoms with E-state index in [9.17, 15) is 4.79 Å². The van der Waals surface area contributed by atoms with E-state index in [4.69, 9.17) is 9.31 Å². The Morgan fingerprint density at radius 2 is 1.48 bits per heavy atom. The van der Waals surface area contributed by atoms with Gasteiger partial charge in [-0.25, -0.2) is 0 Å². The van der Waals surface area contributed by atoms with Crippen LogP contribution in [-0.2, 0) is 9.31 Å². The normalized spacial score (nSPS) is 19.9. The largest absolute Gasteiger partial charge is 0.494 e. The van der Waals surface area contributed by atoms with E-state index < -0.39 is 0 Å². The summed E-state index contributed by atoms with van der Waals surface area (Å²) in [5.41, 5.74) is 1.01. The maximum atomic E-state index is 10.8. The molecule has 1 aliphatic heterocycles. The molecule has 0 spiro atoms. The molecule has 1 saturated heterocycles. The quantitative estimate of drug-likeness (QED) is 0.627. The van der Waals surface area contributed by atoms with Crippen LogP contribution in [-0.4, -0.2) is 24.6 Å². The molecule has 0 radical (unpaired) electrons. The molecular formula is C17H19BO3. The first-order valence-corrected chi connectivity index (χ1v) is 7.17. The SMILES string of the molecule is CC1(C)OB(c2ccc3cc(C=O)ccc3c2)OC1(C)C. The van der Waals surface area contributed by atoms with Crippen molar-refractivity contribution in [3.05, 3.63) is 42.0 Å². The molecule has 3 nitrogen and oxygen atoms in total. The Kier molecular flexibility index (Phi) is 3.19. The van der Waals surface area contributed by atoms with Gasteiger partial charge in [-0.2, -0.15) is 0 Å². The maximum Gasteiger partial charge on any atom is 0.494 e. The topological polar surface area (TPSA) is 35.5 Å². The third-order valence-electron chi connectivity index (χ3n) is 4.55. The Morgan fingerprint density at radius 1 is 0.905 bits per heavy atom. The van der Waals surface area contributed by atoms with E-state index in [1.807, 2.05) is 58.0 Å². The predicted molar refractivity (Wildman–Crippen MR) is 85.1 cm³/mol. The van der Waals surface area contributed by atoms with E-state index in [1.165, 1.54) is 0 Å². The second kappa shape index (κ2) is 4.68. The van der Waals surface area contributed by atoms with E-state index >= 15 is 0 Å². The van der Waals surface area contributed by atoms with Crippen LogP contribution in [0.15, 0.2) is 36.4 Å². The number of hydrogen-bond acceptors (Lipinski definition) is 3. The van der Waals surface area contributed by atoms with Crippen molar-refractivity contribution in [2.75, 3.05) is 0 Å². The van der Waals surface area contributed by atoms with Crippen molar-refractivity contribution in [2.24, 2.45) is 0 Å². The van der Waals surface area contributed by atoms with Crippen LogP contribution in [0.2, 0.25) is 0 Å². The Morgan fingerprint density at radius 3 is 2.10 bits per heavy atom. The lowest BCUT2D eigenvalue weighted by atomic mass is 9.78. The molecule has 0 saturated carbocycles. The van der Waals surface area contributed by atoms with Gasteiger partial charge in [0, 0.05) is 5.56 Å². The second-order valence-corrected chi connectivity index (χ2v) is 6.57. The zero-order chi connectivity index (χ0) is 15.3. The molecule has 0 atom stereocenters. The molecule has 0 amide bonds. The van der Waals surface area contributed by atoms with Crippen LogP contribution in [0.5, 0.6) is 0 Å². The summed E-state index contributed by atoms with van der Waals surface area (Å²) in [7, 11) is -0.356. The average molecular weight is 282 g/mol. The van der Waals surface area contributed by atoms with Crippen molar-refractivity contribution in [3.8, 4) is 0 Å². The number of carbonyl (C=O) groups is 1. The van der Waals surface area contributed by atoms with Gasteiger partial charge in [-0.05, 0) is 50.0 Å². The summed E-state index contributed by atoms with van der Waals surface area (Å²) in [6.45, 7) is 8.18. The Labute approximate surface area is 125 Å². The summed E-state index contributed by atoms with van der Waals surface area (Å²) in [5, 5.41) is 2.12. The number of carbonyl (C=O) groups excluding carboxylic acids is 1. The Bertz CT molecular complexity index is 690. The van der Waals surface area contributed by atoms with E-state index in [2.05, 4.69) is 6.07 Å². The van der Waals surface area contributed by atoms with Crippen molar-refractivity contribution in [1.29, 1.82) is 0 Å². The number of fused-ring (bicyclic) bond motifs is 1. The zero-order valence-electron chi connectivity index (χ0n) is 12.8. The highest BCUT2D eigenvalue weighted by atomic mass is 16.7. The Balaban J connectivity index is 1.97. The molecule has 3 rings (SSSR count). The van der Waals surface area contributed by atoms with Crippen molar-refractivity contribution in [1.82, 2.24) is 0 Å². The van der Waals surface area contributed by atoms with Crippen molar-refractivity contribution < 1.29 is 14.1 Å². The highest BCUT2D eigenvalue weighted by Gasteiger charge is 2.51. The summed E-state index contributed by atoms with van der Waals surface area (Å²) in [4.78, 5) is 10.8. The minimum atomic E-state index is -0.356. The van der Waals surface area contributed by atoms with Crippen LogP contribution < -0.4 is 5.46 Å². The highest BCUT2D eigenvalue weighted by Crippen LogP contribution is 2.36. The van der Waals surface area contributed by atoms with Gasteiger partial charge in [-0.15, -0.1) is 0 Å². The van der Waals surface area contributed by atoms with Gasteiger partial charge in [0.25, 0.3) is 0 Å². The predicted octanol–water partition coefficient (Wildman–Crippen LogP) is 2.95. The van der Waals surface area contributed by atoms with Crippen LogP contribution >= 0.6 is 0 Å². The fourth-order valence-electron chi connectivity index (χ4n) is 2.48. The standard InChI is InChI=1S/C17H19BO3/c1-16(2)17(3,4)21-18(20-16)15-8-7-13-9-12(11-19)5-6-14(13)10-15/h5-11H,1-4H3. The average Bonchev–Trinajstić information content (AvgIpc) is 2.66. The lowest BCUT2D eigenvalue weighted by Crippen LogP contribution is -2.41. The summed E-state index contributed by atoms with van der Waals surface area (Å²) in [6.07, 6.45) is 0.863. The highest BCUT2D eigenvalue weighted by molar-refractivity contribution is 6.62. The first kappa shape index (κ1) is 14.3. The van der Waals surface area contributed by atoms with E-state index in [0.717, 1.165) is 22.5 Å². The smallest absolute Gasteiger partial charge is 0.399 e. The van der Waals surface area contributed by atoms with Gasteiger partial charge in [-0.3, -0.25) is 4.79 Å². The molecule has 0 bridgehead atoms. The Hall–Kier alpha value is -1.65. The van der Waals surface area contributed by atoms with Gasteiger partial charge < -0.3 is 9.31 Å². The fraction of sp³-hybridized carbons (Fsp3) is 0.353. The van der Waals surface area contributed by atoms with Crippen LogP contribution in [0.1, 0.15) is 38.1 Å². The molecule has 1 heterocycles. The van der Waals surface area contributed by atoms with Crippen LogP contribution in [0, 0.1) is 0 Å². The van der Waals surface area contributed by atoms with Crippen molar-refractivity contribution >= 4 is 29.6 Å². The molecule has 0 aliphatic carbocycles. The lowest BCUT2D eigenvalue weighted by Gasteiger charge is -2.32. The monoisotopic (exact) mass is 282 g/mol. The zero-order valence-corrected chi connectivity index (χ0v) is 12.8. The van der Waals surface area contributed by atoms with Gasteiger partial charge >= 0.3 is 7.12 Å². The van der Waals surface area contributed by atoms with Gasteiger partial charge in [0.1, 0.15) is 6.29 Å². The number of benzene rings is 2. The number of rotatable bonds is 2. The van der Waals surface area contributed by atoms with Crippen molar-refractivity contribution in [3.63, 3.8) is 0 Å². The van der Waals surface area contributed by atoms with E-state index in [-0.39, 0.29) is 18.3 Å². The molecule has 4 heteroatoms. The summed E-state index contributed by atoms with van der Waals surface area (Å²) in [6, 6.07) is 11.7. The minimum Gasteiger partial charge on any atom is -0.399 e. The third-order valence-corrected chi connectivity index (χ3v) is 4.55. The van der Waals surface area contributed by atoms with E-state index in [0.29, 0.717) is 5.56 Å². The van der Waals surface area contributed by atoms with Crippen LogP contribution in [0.25, 0.3) is 10.8 Å². The molecular weight excluding hydrogens is 263 g/mol. The van der Waals surface area contributed by atoms with Crippen LogP contribution in [0.4, 0.5) is 0 Å². The van der Waals surface area contributed by atoms with Crippen LogP contribution in [0.3, 0.4) is 0 Å².